The van der Waals surface area contributed by atoms with Gasteiger partial charge < -0.3 is 10.1 Å². The molecule has 0 aliphatic heterocycles. The summed E-state index contributed by atoms with van der Waals surface area (Å²) in [5.74, 6) is 0.826. The van der Waals surface area contributed by atoms with Gasteiger partial charge in [-0.1, -0.05) is 26.7 Å². The molecule has 1 fully saturated rings. The Kier molecular flexibility index (Phi) is 5.67. The van der Waals surface area contributed by atoms with Crippen LogP contribution in [0.2, 0.25) is 0 Å². The molecular weight excluding hydrogens is 242 g/mol. The quantitative estimate of drug-likeness (QED) is 0.807. The predicted molar refractivity (Wildman–Crippen MR) is 77.9 cm³/mol. The lowest BCUT2D eigenvalue weighted by Gasteiger charge is -2.08. The van der Waals surface area contributed by atoms with Crippen molar-refractivity contribution in [2.45, 2.75) is 58.7 Å². The first-order valence-electron chi connectivity index (χ1n) is 7.13. The standard InChI is InChI=1S/C15H25NOS/c1-12(2)16-9-14-7-8-15(18-14)11-17-10-13-5-3-4-6-13/h7-8,12-13,16H,3-6,9-11H2,1-2H3. The predicted octanol–water partition coefficient (Wildman–Crippen LogP) is 3.95. The Morgan fingerprint density at radius 2 is 2.00 bits per heavy atom. The summed E-state index contributed by atoms with van der Waals surface area (Å²) in [5.41, 5.74) is 0. The monoisotopic (exact) mass is 267 g/mol. The molecule has 1 aromatic rings. The summed E-state index contributed by atoms with van der Waals surface area (Å²) >= 11 is 1.87. The minimum atomic E-state index is 0.550. The molecule has 1 N–H and O–H groups in total. The van der Waals surface area contributed by atoms with Gasteiger partial charge in [-0.25, -0.2) is 0 Å². The summed E-state index contributed by atoms with van der Waals surface area (Å²) in [6, 6.07) is 4.97. The van der Waals surface area contributed by atoms with E-state index in [1.165, 1.54) is 35.4 Å². The highest BCUT2D eigenvalue weighted by Crippen LogP contribution is 2.25. The summed E-state index contributed by atoms with van der Waals surface area (Å²) in [5, 5.41) is 3.45. The van der Waals surface area contributed by atoms with Crippen LogP contribution >= 0.6 is 11.3 Å². The summed E-state index contributed by atoms with van der Waals surface area (Å²) in [4.78, 5) is 2.76. The van der Waals surface area contributed by atoms with E-state index < -0.39 is 0 Å². The molecule has 2 nitrogen and oxygen atoms in total. The Balaban J connectivity index is 1.66. The molecule has 1 heterocycles. The second-order valence-corrected chi connectivity index (χ2v) is 6.82. The van der Waals surface area contributed by atoms with Crippen molar-refractivity contribution in [1.82, 2.24) is 5.32 Å². The average Bonchev–Trinajstić information content (AvgIpc) is 2.97. The van der Waals surface area contributed by atoms with Crippen LogP contribution in [0, 0.1) is 5.92 Å². The van der Waals surface area contributed by atoms with Crippen LogP contribution in [0.3, 0.4) is 0 Å². The number of rotatable bonds is 7. The van der Waals surface area contributed by atoms with E-state index >= 15 is 0 Å². The molecule has 1 aromatic heterocycles. The van der Waals surface area contributed by atoms with Crippen LogP contribution in [-0.2, 0) is 17.9 Å². The molecule has 0 atom stereocenters. The van der Waals surface area contributed by atoms with Crippen molar-refractivity contribution in [1.29, 1.82) is 0 Å². The van der Waals surface area contributed by atoms with Crippen LogP contribution in [0.4, 0.5) is 0 Å². The molecule has 0 aromatic carbocycles. The Labute approximate surface area is 115 Å². The van der Waals surface area contributed by atoms with Gasteiger partial charge in [0.25, 0.3) is 0 Å². The molecule has 3 heteroatoms. The van der Waals surface area contributed by atoms with Gasteiger partial charge in [-0.3, -0.25) is 0 Å². The molecule has 102 valence electrons. The van der Waals surface area contributed by atoms with Crippen molar-refractivity contribution >= 4 is 11.3 Å². The lowest BCUT2D eigenvalue weighted by Crippen LogP contribution is -2.21. The van der Waals surface area contributed by atoms with Crippen LogP contribution in [0.5, 0.6) is 0 Å². The van der Waals surface area contributed by atoms with Crippen molar-refractivity contribution in [2.24, 2.45) is 5.92 Å². The zero-order valence-electron chi connectivity index (χ0n) is 11.6. The van der Waals surface area contributed by atoms with Gasteiger partial charge in [0, 0.05) is 28.9 Å². The third-order valence-electron chi connectivity index (χ3n) is 3.47. The summed E-state index contributed by atoms with van der Waals surface area (Å²) in [6.45, 7) is 7.09. The highest BCUT2D eigenvalue weighted by atomic mass is 32.1. The number of hydrogen-bond donors (Lipinski definition) is 1. The maximum absolute atomic E-state index is 5.83. The second kappa shape index (κ2) is 7.27. The average molecular weight is 267 g/mol. The van der Waals surface area contributed by atoms with Gasteiger partial charge in [-0.05, 0) is 30.9 Å². The molecule has 18 heavy (non-hydrogen) atoms. The zero-order chi connectivity index (χ0) is 12.8. The van der Waals surface area contributed by atoms with Crippen LogP contribution < -0.4 is 5.32 Å². The molecule has 0 bridgehead atoms. The highest BCUT2D eigenvalue weighted by Gasteiger charge is 2.14. The van der Waals surface area contributed by atoms with E-state index in [1.54, 1.807) is 0 Å². The molecule has 0 spiro atoms. The van der Waals surface area contributed by atoms with Gasteiger partial charge in [-0.2, -0.15) is 0 Å². The van der Waals surface area contributed by atoms with Gasteiger partial charge in [-0.15, -0.1) is 11.3 Å². The smallest absolute Gasteiger partial charge is 0.0809 e. The maximum Gasteiger partial charge on any atom is 0.0809 e. The van der Waals surface area contributed by atoms with E-state index in [4.69, 9.17) is 4.74 Å². The third kappa shape index (κ3) is 4.71. The largest absolute Gasteiger partial charge is 0.376 e. The fourth-order valence-corrected chi connectivity index (χ4v) is 3.31. The van der Waals surface area contributed by atoms with Crippen molar-refractivity contribution in [3.8, 4) is 0 Å². The van der Waals surface area contributed by atoms with Crippen molar-refractivity contribution in [3.05, 3.63) is 21.9 Å². The van der Waals surface area contributed by atoms with E-state index in [-0.39, 0.29) is 0 Å². The molecule has 1 aliphatic carbocycles. The first kappa shape index (κ1) is 14.0. The van der Waals surface area contributed by atoms with Crippen LogP contribution in [0.15, 0.2) is 12.1 Å². The van der Waals surface area contributed by atoms with Crippen LogP contribution in [0.1, 0.15) is 49.3 Å². The molecule has 2 rings (SSSR count). The minimum absolute atomic E-state index is 0.550. The summed E-state index contributed by atoms with van der Waals surface area (Å²) in [7, 11) is 0. The Bertz CT molecular complexity index is 342. The Hall–Kier alpha value is -0.380. The van der Waals surface area contributed by atoms with Crippen LogP contribution in [-0.4, -0.2) is 12.6 Å². The number of hydrogen-bond acceptors (Lipinski definition) is 3. The van der Waals surface area contributed by atoms with Gasteiger partial charge in [0.15, 0.2) is 0 Å². The minimum Gasteiger partial charge on any atom is -0.376 e. The van der Waals surface area contributed by atoms with Crippen molar-refractivity contribution in [3.63, 3.8) is 0 Å². The fraction of sp³-hybridized carbons (Fsp3) is 0.733. The molecule has 0 saturated heterocycles. The van der Waals surface area contributed by atoms with Crippen molar-refractivity contribution < 1.29 is 4.74 Å². The Morgan fingerprint density at radius 3 is 2.72 bits per heavy atom. The zero-order valence-corrected chi connectivity index (χ0v) is 12.4. The Morgan fingerprint density at radius 1 is 1.28 bits per heavy atom. The SMILES string of the molecule is CC(C)NCc1ccc(COCC2CCCC2)s1. The first-order chi connectivity index (χ1) is 8.74. The normalized spacial score (nSPS) is 16.8. The van der Waals surface area contributed by atoms with E-state index in [1.807, 2.05) is 11.3 Å². The lowest BCUT2D eigenvalue weighted by molar-refractivity contribution is 0.0906. The molecule has 0 amide bonds. The van der Waals surface area contributed by atoms with E-state index in [2.05, 4.69) is 31.3 Å². The number of nitrogens with one attached hydrogen (secondary N) is 1. The number of thiophene rings is 1. The van der Waals surface area contributed by atoms with E-state index in [9.17, 15) is 0 Å². The van der Waals surface area contributed by atoms with Gasteiger partial charge in [0.2, 0.25) is 0 Å². The molecule has 1 aliphatic rings. The summed E-state index contributed by atoms with van der Waals surface area (Å²) < 4.78 is 5.83. The molecule has 1 saturated carbocycles. The maximum atomic E-state index is 5.83. The lowest BCUT2D eigenvalue weighted by atomic mass is 10.1. The van der Waals surface area contributed by atoms with Crippen LogP contribution in [0.25, 0.3) is 0 Å². The molecular formula is C15H25NOS. The first-order valence-corrected chi connectivity index (χ1v) is 7.94. The molecule has 0 unspecified atom stereocenters. The third-order valence-corrected chi connectivity index (χ3v) is 4.53. The van der Waals surface area contributed by atoms with Gasteiger partial charge >= 0.3 is 0 Å². The topological polar surface area (TPSA) is 21.3 Å². The van der Waals surface area contributed by atoms with E-state index in [0.29, 0.717) is 6.04 Å². The highest BCUT2D eigenvalue weighted by molar-refractivity contribution is 7.11. The fourth-order valence-electron chi connectivity index (χ4n) is 2.40. The van der Waals surface area contributed by atoms with Gasteiger partial charge in [0.05, 0.1) is 6.61 Å². The van der Waals surface area contributed by atoms with Crippen molar-refractivity contribution in [2.75, 3.05) is 6.61 Å². The number of ether oxygens (including phenoxy) is 1. The van der Waals surface area contributed by atoms with Gasteiger partial charge in [0.1, 0.15) is 0 Å². The molecule has 0 radical (unpaired) electrons. The summed E-state index contributed by atoms with van der Waals surface area (Å²) in [6.07, 6.45) is 5.54. The second-order valence-electron chi connectivity index (χ2n) is 5.57. The van der Waals surface area contributed by atoms with E-state index in [0.717, 1.165) is 25.7 Å².